The number of benzene rings is 2. The van der Waals surface area contributed by atoms with E-state index in [0.717, 1.165) is 16.9 Å². The highest BCUT2D eigenvalue weighted by atomic mass is 16.5. The first-order valence-corrected chi connectivity index (χ1v) is 6.10. The van der Waals surface area contributed by atoms with E-state index in [1.54, 1.807) is 6.08 Å². The average molecular weight is 260 g/mol. The van der Waals surface area contributed by atoms with Gasteiger partial charge in [-0.3, -0.25) is 0 Å². The van der Waals surface area contributed by atoms with Crippen molar-refractivity contribution in [2.45, 2.75) is 6.61 Å². The van der Waals surface area contributed by atoms with Crippen LogP contribution in [-0.2, 0) is 6.61 Å². The predicted molar refractivity (Wildman–Crippen MR) is 76.4 cm³/mol. The molecule has 2 aromatic rings. The van der Waals surface area contributed by atoms with Crippen LogP contribution < -0.4 is 4.74 Å². The van der Waals surface area contributed by atoms with Crippen molar-refractivity contribution in [3.63, 3.8) is 0 Å². The molecule has 0 amide bonds. The van der Waals surface area contributed by atoms with Gasteiger partial charge in [0.25, 0.3) is 0 Å². The minimum atomic E-state index is 0.0861. The topological polar surface area (TPSA) is 56.8 Å². The van der Waals surface area contributed by atoms with E-state index in [1.165, 1.54) is 0 Å². The van der Waals surface area contributed by atoms with Gasteiger partial charge in [-0.2, -0.15) is 10.5 Å². The summed E-state index contributed by atoms with van der Waals surface area (Å²) in [6.07, 6.45) is 1.54. The average Bonchev–Trinajstić information content (AvgIpc) is 2.53. The summed E-state index contributed by atoms with van der Waals surface area (Å²) in [5.74, 6) is 0.751. The predicted octanol–water partition coefficient (Wildman–Crippen LogP) is 3.70. The molecule has 0 aliphatic rings. The van der Waals surface area contributed by atoms with Gasteiger partial charge in [-0.1, -0.05) is 42.5 Å². The van der Waals surface area contributed by atoms with E-state index in [-0.39, 0.29) is 5.57 Å². The first-order valence-electron chi connectivity index (χ1n) is 6.10. The number of allylic oxidation sites excluding steroid dienone is 1. The van der Waals surface area contributed by atoms with Crippen molar-refractivity contribution in [3.8, 4) is 17.9 Å². The van der Waals surface area contributed by atoms with E-state index in [2.05, 4.69) is 0 Å². The Labute approximate surface area is 118 Å². The molecule has 3 heteroatoms. The molecule has 0 spiro atoms. The van der Waals surface area contributed by atoms with Gasteiger partial charge in [-0.15, -0.1) is 0 Å². The summed E-state index contributed by atoms with van der Waals surface area (Å²) < 4.78 is 5.65. The summed E-state index contributed by atoms with van der Waals surface area (Å²) in [6, 6.07) is 20.8. The summed E-state index contributed by atoms with van der Waals surface area (Å²) in [5.41, 5.74) is 1.99. The van der Waals surface area contributed by atoms with Crippen molar-refractivity contribution < 1.29 is 4.74 Å². The normalized spacial score (nSPS) is 9.10. The Balaban J connectivity index is 2.01. The van der Waals surface area contributed by atoms with Crippen LogP contribution in [0, 0.1) is 22.7 Å². The molecular weight excluding hydrogens is 248 g/mol. The quantitative estimate of drug-likeness (QED) is 0.787. The molecule has 0 unspecified atom stereocenters. The van der Waals surface area contributed by atoms with Gasteiger partial charge in [0.05, 0.1) is 0 Å². The highest BCUT2D eigenvalue weighted by Gasteiger charge is 1.97. The summed E-state index contributed by atoms with van der Waals surface area (Å²) in [6.45, 7) is 0.512. The summed E-state index contributed by atoms with van der Waals surface area (Å²) in [5, 5.41) is 17.4. The van der Waals surface area contributed by atoms with Crippen LogP contribution in [0.4, 0.5) is 0 Å². The van der Waals surface area contributed by atoms with Crippen LogP contribution in [0.15, 0.2) is 60.2 Å². The lowest BCUT2D eigenvalue weighted by atomic mass is 10.1. The maximum Gasteiger partial charge on any atom is 0.130 e. The zero-order valence-corrected chi connectivity index (χ0v) is 10.8. The first kappa shape index (κ1) is 13.4. The number of hydrogen-bond donors (Lipinski definition) is 0. The molecule has 2 aromatic carbocycles. The lowest BCUT2D eigenvalue weighted by molar-refractivity contribution is 0.306. The summed E-state index contributed by atoms with van der Waals surface area (Å²) in [4.78, 5) is 0. The molecule has 0 aliphatic heterocycles. The second-order valence-electron chi connectivity index (χ2n) is 4.12. The van der Waals surface area contributed by atoms with E-state index in [1.807, 2.05) is 66.7 Å². The second-order valence-corrected chi connectivity index (χ2v) is 4.12. The second kappa shape index (κ2) is 6.78. The zero-order chi connectivity index (χ0) is 14.2. The molecular formula is C17H12N2O. The third-order valence-electron chi connectivity index (χ3n) is 2.68. The summed E-state index contributed by atoms with van der Waals surface area (Å²) in [7, 11) is 0. The molecule has 0 aliphatic carbocycles. The molecule has 0 bridgehead atoms. The lowest BCUT2D eigenvalue weighted by Gasteiger charge is -2.06. The Hall–Kier alpha value is -3.04. The van der Waals surface area contributed by atoms with E-state index >= 15 is 0 Å². The highest BCUT2D eigenvalue weighted by Crippen LogP contribution is 2.16. The van der Waals surface area contributed by atoms with Crippen molar-refractivity contribution >= 4 is 6.08 Å². The Morgan fingerprint density at radius 3 is 2.20 bits per heavy atom. The molecule has 3 nitrogen and oxygen atoms in total. The molecule has 0 radical (unpaired) electrons. The van der Waals surface area contributed by atoms with Crippen molar-refractivity contribution in [2.75, 3.05) is 0 Å². The highest BCUT2D eigenvalue weighted by molar-refractivity contribution is 5.62. The largest absolute Gasteiger partial charge is 0.489 e. The van der Waals surface area contributed by atoms with Gasteiger partial charge in [0.15, 0.2) is 0 Å². The van der Waals surface area contributed by atoms with E-state index < -0.39 is 0 Å². The van der Waals surface area contributed by atoms with Crippen LogP contribution in [0.1, 0.15) is 11.1 Å². The molecule has 96 valence electrons. The Morgan fingerprint density at radius 1 is 0.950 bits per heavy atom. The Bertz CT molecular complexity index is 658. The van der Waals surface area contributed by atoms with Crippen molar-refractivity contribution in [3.05, 3.63) is 71.3 Å². The minimum Gasteiger partial charge on any atom is -0.489 e. The van der Waals surface area contributed by atoms with Gasteiger partial charge >= 0.3 is 0 Å². The third kappa shape index (κ3) is 3.73. The third-order valence-corrected chi connectivity index (χ3v) is 2.68. The fourth-order valence-electron chi connectivity index (χ4n) is 1.66. The monoisotopic (exact) mass is 260 g/mol. The van der Waals surface area contributed by atoms with E-state index in [9.17, 15) is 0 Å². The number of nitrogens with zero attached hydrogens (tertiary/aromatic N) is 2. The van der Waals surface area contributed by atoms with Gasteiger partial charge in [0.2, 0.25) is 0 Å². The molecule has 0 heterocycles. The van der Waals surface area contributed by atoms with Crippen LogP contribution in [0.25, 0.3) is 6.08 Å². The molecule has 0 saturated carbocycles. The van der Waals surface area contributed by atoms with E-state index in [4.69, 9.17) is 15.3 Å². The van der Waals surface area contributed by atoms with Crippen LogP contribution in [0.3, 0.4) is 0 Å². The molecule has 0 N–H and O–H groups in total. The molecule has 0 saturated heterocycles. The lowest BCUT2D eigenvalue weighted by Crippen LogP contribution is -1.94. The number of nitriles is 2. The number of ether oxygens (including phenoxy) is 1. The van der Waals surface area contributed by atoms with Gasteiger partial charge in [-0.05, 0) is 29.3 Å². The fraction of sp³-hybridized carbons (Fsp3) is 0.0588. The Kier molecular flexibility index (Phi) is 4.54. The zero-order valence-electron chi connectivity index (χ0n) is 10.8. The van der Waals surface area contributed by atoms with Gasteiger partial charge in [-0.25, -0.2) is 0 Å². The van der Waals surface area contributed by atoms with Crippen molar-refractivity contribution in [2.24, 2.45) is 0 Å². The molecule has 0 fully saturated rings. The Morgan fingerprint density at radius 2 is 1.60 bits per heavy atom. The van der Waals surface area contributed by atoms with Gasteiger partial charge in [0.1, 0.15) is 30.1 Å². The fourth-order valence-corrected chi connectivity index (χ4v) is 1.66. The molecule has 0 atom stereocenters. The molecule has 0 aromatic heterocycles. The minimum absolute atomic E-state index is 0.0861. The van der Waals surface area contributed by atoms with E-state index in [0.29, 0.717) is 6.61 Å². The van der Waals surface area contributed by atoms with Crippen molar-refractivity contribution in [1.82, 2.24) is 0 Å². The number of rotatable bonds is 4. The standard InChI is InChI=1S/C17H12N2O/c18-11-16(12-19)10-14-6-8-17(9-7-14)20-13-15-4-2-1-3-5-15/h1-10H,13H2. The maximum atomic E-state index is 8.69. The first-order chi connectivity index (χ1) is 9.81. The summed E-state index contributed by atoms with van der Waals surface area (Å²) >= 11 is 0. The SMILES string of the molecule is N#CC(C#N)=Cc1ccc(OCc2ccccc2)cc1. The maximum absolute atomic E-state index is 8.69. The van der Waals surface area contributed by atoms with Crippen LogP contribution in [0.5, 0.6) is 5.75 Å². The van der Waals surface area contributed by atoms with Crippen LogP contribution >= 0.6 is 0 Å². The van der Waals surface area contributed by atoms with Gasteiger partial charge < -0.3 is 4.74 Å². The van der Waals surface area contributed by atoms with Crippen LogP contribution in [0.2, 0.25) is 0 Å². The molecule has 20 heavy (non-hydrogen) atoms. The molecule has 2 rings (SSSR count). The smallest absolute Gasteiger partial charge is 0.130 e. The number of hydrogen-bond acceptors (Lipinski definition) is 3. The van der Waals surface area contributed by atoms with Crippen LogP contribution in [-0.4, -0.2) is 0 Å². The van der Waals surface area contributed by atoms with Gasteiger partial charge in [0, 0.05) is 0 Å². The van der Waals surface area contributed by atoms with Crippen molar-refractivity contribution in [1.29, 1.82) is 10.5 Å².